The van der Waals surface area contributed by atoms with E-state index < -0.39 is 17.6 Å². The van der Waals surface area contributed by atoms with Gasteiger partial charge in [0.1, 0.15) is 0 Å². The molecule has 0 saturated heterocycles. The standard InChI is InChI=1S/C10H6F3NOS/c11-10(12,13)5-1-2-6-7(9(14)15)4-16-8(6)3-5/h1-4H,(H2,14,15). The molecule has 0 aliphatic rings. The number of hydrogen-bond donors (Lipinski definition) is 1. The Kier molecular flexibility index (Phi) is 2.38. The van der Waals surface area contributed by atoms with Gasteiger partial charge in [-0.25, -0.2) is 0 Å². The smallest absolute Gasteiger partial charge is 0.366 e. The molecule has 2 rings (SSSR count). The zero-order valence-corrected chi connectivity index (χ0v) is 8.65. The highest BCUT2D eigenvalue weighted by atomic mass is 32.1. The van der Waals surface area contributed by atoms with E-state index >= 15 is 0 Å². The Balaban J connectivity index is 2.62. The van der Waals surface area contributed by atoms with Crippen molar-refractivity contribution < 1.29 is 18.0 Å². The van der Waals surface area contributed by atoms with Crippen molar-refractivity contribution in [2.45, 2.75) is 6.18 Å². The lowest BCUT2D eigenvalue weighted by Crippen LogP contribution is -2.10. The van der Waals surface area contributed by atoms with Crippen molar-refractivity contribution in [3.8, 4) is 0 Å². The van der Waals surface area contributed by atoms with Crippen LogP contribution in [0.15, 0.2) is 23.6 Å². The van der Waals surface area contributed by atoms with Crippen molar-refractivity contribution in [1.29, 1.82) is 0 Å². The topological polar surface area (TPSA) is 43.1 Å². The highest BCUT2D eigenvalue weighted by Crippen LogP contribution is 2.34. The first-order valence-electron chi connectivity index (χ1n) is 4.28. The molecular formula is C10H6F3NOS. The largest absolute Gasteiger partial charge is 0.416 e. The Bertz CT molecular complexity index is 559. The molecule has 1 aromatic heterocycles. The minimum Gasteiger partial charge on any atom is -0.366 e. The lowest BCUT2D eigenvalue weighted by Gasteiger charge is -2.05. The highest BCUT2D eigenvalue weighted by molar-refractivity contribution is 7.17. The number of fused-ring (bicyclic) bond motifs is 1. The molecule has 6 heteroatoms. The number of carbonyl (C=O) groups is 1. The van der Waals surface area contributed by atoms with Crippen LogP contribution in [-0.4, -0.2) is 5.91 Å². The number of alkyl halides is 3. The summed E-state index contributed by atoms with van der Waals surface area (Å²) in [5.74, 6) is -0.633. The average Bonchev–Trinajstić information content (AvgIpc) is 2.58. The molecular weight excluding hydrogens is 239 g/mol. The van der Waals surface area contributed by atoms with Gasteiger partial charge in [0, 0.05) is 15.5 Å². The molecule has 1 amide bonds. The maximum absolute atomic E-state index is 12.4. The van der Waals surface area contributed by atoms with Crippen LogP contribution in [0.25, 0.3) is 10.1 Å². The number of hydrogen-bond acceptors (Lipinski definition) is 2. The van der Waals surface area contributed by atoms with Crippen LogP contribution in [0.3, 0.4) is 0 Å². The van der Waals surface area contributed by atoms with E-state index in [0.29, 0.717) is 10.1 Å². The number of thiophene rings is 1. The molecule has 1 heterocycles. The fourth-order valence-electron chi connectivity index (χ4n) is 1.40. The molecule has 0 unspecified atom stereocenters. The summed E-state index contributed by atoms with van der Waals surface area (Å²) in [4.78, 5) is 11.0. The fourth-order valence-corrected chi connectivity index (χ4v) is 2.38. The summed E-state index contributed by atoms with van der Waals surface area (Å²) in [6.07, 6.45) is -4.37. The van der Waals surface area contributed by atoms with Gasteiger partial charge in [-0.1, -0.05) is 6.07 Å². The van der Waals surface area contributed by atoms with E-state index in [-0.39, 0.29) is 5.56 Å². The van der Waals surface area contributed by atoms with Gasteiger partial charge in [-0.05, 0) is 12.1 Å². The number of nitrogens with two attached hydrogens (primary N) is 1. The molecule has 16 heavy (non-hydrogen) atoms. The van der Waals surface area contributed by atoms with Crippen molar-refractivity contribution >= 4 is 27.3 Å². The molecule has 2 nitrogen and oxygen atoms in total. The van der Waals surface area contributed by atoms with Crippen LogP contribution < -0.4 is 5.73 Å². The van der Waals surface area contributed by atoms with Gasteiger partial charge in [-0.15, -0.1) is 11.3 Å². The summed E-state index contributed by atoms with van der Waals surface area (Å²) in [5.41, 5.74) is 4.63. The molecule has 2 aromatic rings. The lowest BCUT2D eigenvalue weighted by atomic mass is 10.1. The number of rotatable bonds is 1. The summed E-state index contributed by atoms with van der Waals surface area (Å²) in [5, 5.41) is 1.93. The van der Waals surface area contributed by atoms with Crippen molar-refractivity contribution in [1.82, 2.24) is 0 Å². The van der Waals surface area contributed by atoms with Crippen molar-refractivity contribution in [3.63, 3.8) is 0 Å². The van der Waals surface area contributed by atoms with Crippen molar-refractivity contribution in [2.24, 2.45) is 5.73 Å². The summed E-state index contributed by atoms with van der Waals surface area (Å²) in [6, 6.07) is 3.24. The van der Waals surface area contributed by atoms with Crippen LogP contribution in [0.5, 0.6) is 0 Å². The van der Waals surface area contributed by atoms with Gasteiger partial charge in [0.15, 0.2) is 0 Å². The Morgan fingerprint density at radius 1 is 1.31 bits per heavy atom. The van der Waals surface area contributed by atoms with Gasteiger partial charge >= 0.3 is 6.18 Å². The van der Waals surface area contributed by atoms with Crippen LogP contribution in [0.2, 0.25) is 0 Å². The molecule has 0 atom stereocenters. The second-order valence-corrected chi connectivity index (χ2v) is 4.13. The van der Waals surface area contributed by atoms with Gasteiger partial charge in [0.2, 0.25) is 5.91 Å². The molecule has 84 valence electrons. The van der Waals surface area contributed by atoms with Gasteiger partial charge in [0.25, 0.3) is 0 Å². The number of primary amides is 1. The van der Waals surface area contributed by atoms with Crippen LogP contribution in [-0.2, 0) is 6.18 Å². The van der Waals surface area contributed by atoms with Gasteiger partial charge in [0.05, 0.1) is 11.1 Å². The zero-order chi connectivity index (χ0) is 11.9. The zero-order valence-electron chi connectivity index (χ0n) is 7.84. The minimum absolute atomic E-state index is 0.258. The van der Waals surface area contributed by atoms with Gasteiger partial charge in [-0.2, -0.15) is 13.2 Å². The molecule has 0 saturated carbocycles. The van der Waals surface area contributed by atoms with Crippen molar-refractivity contribution in [2.75, 3.05) is 0 Å². The molecule has 0 spiro atoms. The van der Waals surface area contributed by atoms with E-state index in [9.17, 15) is 18.0 Å². The summed E-state index contributed by atoms with van der Waals surface area (Å²) < 4.78 is 37.6. The lowest BCUT2D eigenvalue weighted by molar-refractivity contribution is -0.137. The second-order valence-electron chi connectivity index (χ2n) is 3.22. The monoisotopic (exact) mass is 245 g/mol. The van der Waals surface area contributed by atoms with Crippen LogP contribution >= 0.6 is 11.3 Å². The van der Waals surface area contributed by atoms with E-state index in [1.54, 1.807) is 0 Å². The summed E-state index contributed by atoms with van der Waals surface area (Å²) in [7, 11) is 0. The molecule has 1 aromatic carbocycles. The normalized spacial score (nSPS) is 11.9. The van der Waals surface area contributed by atoms with E-state index in [4.69, 9.17) is 5.73 Å². The third-order valence-corrected chi connectivity index (χ3v) is 3.11. The van der Waals surface area contributed by atoms with E-state index in [1.165, 1.54) is 11.4 Å². The molecule has 2 N–H and O–H groups in total. The molecule has 0 radical (unpaired) electrons. The minimum atomic E-state index is -4.37. The third kappa shape index (κ3) is 1.76. The Morgan fingerprint density at radius 3 is 2.56 bits per heavy atom. The predicted molar refractivity (Wildman–Crippen MR) is 55.3 cm³/mol. The number of halogens is 3. The second kappa shape index (κ2) is 3.48. The van der Waals surface area contributed by atoms with Gasteiger partial charge < -0.3 is 5.73 Å². The van der Waals surface area contributed by atoms with Gasteiger partial charge in [-0.3, -0.25) is 4.79 Å². The number of benzene rings is 1. The fraction of sp³-hybridized carbons (Fsp3) is 0.100. The predicted octanol–water partition coefficient (Wildman–Crippen LogP) is 3.02. The first-order valence-corrected chi connectivity index (χ1v) is 5.16. The maximum atomic E-state index is 12.4. The third-order valence-electron chi connectivity index (χ3n) is 2.17. The Labute approximate surface area is 92.5 Å². The van der Waals surface area contributed by atoms with Crippen LogP contribution in [0.1, 0.15) is 15.9 Å². The van der Waals surface area contributed by atoms with Crippen LogP contribution in [0.4, 0.5) is 13.2 Å². The number of amides is 1. The first-order chi connectivity index (χ1) is 7.39. The molecule has 0 aliphatic carbocycles. The Hall–Kier alpha value is -1.56. The van der Waals surface area contributed by atoms with E-state index in [1.807, 2.05) is 0 Å². The summed E-state index contributed by atoms with van der Waals surface area (Å²) in [6.45, 7) is 0. The average molecular weight is 245 g/mol. The van der Waals surface area contributed by atoms with Crippen LogP contribution in [0, 0.1) is 0 Å². The molecule has 0 fully saturated rings. The number of carbonyl (C=O) groups excluding carboxylic acids is 1. The summed E-state index contributed by atoms with van der Waals surface area (Å²) >= 11 is 1.07. The molecule has 0 aliphatic heterocycles. The van der Waals surface area contributed by atoms with Crippen molar-refractivity contribution in [3.05, 3.63) is 34.7 Å². The quantitative estimate of drug-likeness (QED) is 0.824. The SMILES string of the molecule is NC(=O)c1csc2cc(C(F)(F)F)ccc12. The highest BCUT2D eigenvalue weighted by Gasteiger charge is 2.30. The maximum Gasteiger partial charge on any atom is 0.416 e. The first kappa shape index (κ1) is 10.9. The molecule has 0 bridgehead atoms. The van der Waals surface area contributed by atoms with E-state index in [0.717, 1.165) is 23.5 Å². The van der Waals surface area contributed by atoms with E-state index in [2.05, 4.69) is 0 Å². The Morgan fingerprint density at radius 2 is 2.00 bits per heavy atom.